The molecule has 0 unspecified atom stereocenters. The maximum absolute atomic E-state index is 10.6. The zero-order chi connectivity index (χ0) is 14.5. The third-order valence-electron chi connectivity index (χ3n) is 3.06. The number of anilines is 1. The van der Waals surface area contributed by atoms with E-state index in [-0.39, 0.29) is 6.61 Å². The number of nitrogens with one attached hydrogen (secondary N) is 1. The molecule has 2 aromatic rings. The predicted molar refractivity (Wildman–Crippen MR) is 76.4 cm³/mol. The number of benzene rings is 1. The summed E-state index contributed by atoms with van der Waals surface area (Å²) in [5.74, 6) is 0.131. The highest BCUT2D eigenvalue weighted by molar-refractivity contribution is 5.75. The normalized spacial score (nSPS) is 10.3. The van der Waals surface area contributed by atoms with Gasteiger partial charge >= 0.3 is 0 Å². The van der Waals surface area contributed by atoms with Crippen molar-refractivity contribution >= 4 is 11.6 Å². The van der Waals surface area contributed by atoms with Gasteiger partial charge in [-0.05, 0) is 31.2 Å². The van der Waals surface area contributed by atoms with E-state index in [9.17, 15) is 4.79 Å². The molecule has 6 heteroatoms. The highest BCUT2D eigenvalue weighted by atomic mass is 16.5. The molecule has 0 aliphatic carbocycles. The van der Waals surface area contributed by atoms with E-state index in [2.05, 4.69) is 10.4 Å². The molecule has 0 radical (unpaired) electrons. The molecule has 0 aliphatic heterocycles. The minimum atomic E-state index is -0.487. The number of primary amides is 1. The van der Waals surface area contributed by atoms with Crippen LogP contribution in [0.2, 0.25) is 0 Å². The van der Waals surface area contributed by atoms with Crippen molar-refractivity contribution in [1.82, 2.24) is 9.78 Å². The number of rotatable bonds is 6. The van der Waals surface area contributed by atoms with Crippen LogP contribution in [0.1, 0.15) is 11.3 Å². The van der Waals surface area contributed by atoms with Crippen LogP contribution in [0.4, 0.5) is 5.69 Å². The zero-order valence-electron chi connectivity index (χ0n) is 11.6. The lowest BCUT2D eigenvalue weighted by molar-refractivity contribution is -0.119. The van der Waals surface area contributed by atoms with Gasteiger partial charge in [0.05, 0.1) is 6.20 Å². The number of carbonyl (C=O) groups excluding carboxylic acids is 1. The monoisotopic (exact) mass is 274 g/mol. The second kappa shape index (κ2) is 6.10. The number of aryl methyl sites for hydroxylation is 1. The quantitative estimate of drug-likeness (QED) is 0.829. The smallest absolute Gasteiger partial charge is 0.255 e. The first kappa shape index (κ1) is 13.9. The summed E-state index contributed by atoms with van der Waals surface area (Å²) in [5.41, 5.74) is 8.28. The summed E-state index contributed by atoms with van der Waals surface area (Å²) in [7, 11) is 1.92. The number of nitrogens with zero attached hydrogens (tertiary/aromatic N) is 2. The van der Waals surface area contributed by atoms with Gasteiger partial charge in [-0.3, -0.25) is 9.48 Å². The van der Waals surface area contributed by atoms with Gasteiger partial charge in [0.1, 0.15) is 5.75 Å². The predicted octanol–water partition coefficient (Wildman–Crippen LogP) is 1.20. The van der Waals surface area contributed by atoms with Gasteiger partial charge in [-0.25, -0.2) is 0 Å². The molecular weight excluding hydrogens is 256 g/mol. The average molecular weight is 274 g/mol. The maximum atomic E-state index is 10.6. The summed E-state index contributed by atoms with van der Waals surface area (Å²) in [5, 5.41) is 7.50. The second-order valence-electron chi connectivity index (χ2n) is 4.51. The first-order valence-corrected chi connectivity index (χ1v) is 6.29. The van der Waals surface area contributed by atoms with Crippen LogP contribution in [0, 0.1) is 6.92 Å². The van der Waals surface area contributed by atoms with Crippen LogP contribution in [0.25, 0.3) is 0 Å². The van der Waals surface area contributed by atoms with Crippen LogP contribution in [-0.2, 0) is 18.4 Å². The molecule has 2 rings (SSSR count). The van der Waals surface area contributed by atoms with Crippen molar-refractivity contribution < 1.29 is 9.53 Å². The van der Waals surface area contributed by atoms with E-state index in [0.29, 0.717) is 12.3 Å². The Morgan fingerprint density at radius 2 is 2.10 bits per heavy atom. The average Bonchev–Trinajstić information content (AvgIpc) is 2.75. The Hall–Kier alpha value is -2.50. The molecule has 106 valence electrons. The van der Waals surface area contributed by atoms with Crippen LogP contribution in [0.3, 0.4) is 0 Å². The van der Waals surface area contributed by atoms with Crippen molar-refractivity contribution in [2.24, 2.45) is 12.8 Å². The molecule has 0 aliphatic rings. The largest absolute Gasteiger partial charge is 0.484 e. The third-order valence-corrected chi connectivity index (χ3v) is 3.06. The van der Waals surface area contributed by atoms with Crippen LogP contribution in [0.15, 0.2) is 30.5 Å². The first-order chi connectivity index (χ1) is 9.56. The van der Waals surface area contributed by atoms with Crippen molar-refractivity contribution in [3.63, 3.8) is 0 Å². The zero-order valence-corrected chi connectivity index (χ0v) is 11.6. The Bertz CT molecular complexity index is 590. The number of carbonyl (C=O) groups is 1. The van der Waals surface area contributed by atoms with Gasteiger partial charge in [0.2, 0.25) is 0 Å². The van der Waals surface area contributed by atoms with Crippen molar-refractivity contribution in [2.45, 2.75) is 13.5 Å². The Morgan fingerprint density at radius 1 is 1.40 bits per heavy atom. The molecule has 0 bridgehead atoms. The van der Waals surface area contributed by atoms with Crippen LogP contribution < -0.4 is 15.8 Å². The molecule has 0 saturated heterocycles. The van der Waals surface area contributed by atoms with Gasteiger partial charge in [-0.15, -0.1) is 0 Å². The molecule has 1 aromatic carbocycles. The maximum Gasteiger partial charge on any atom is 0.255 e. The van der Waals surface area contributed by atoms with Crippen molar-refractivity contribution in [3.05, 3.63) is 41.7 Å². The number of aromatic nitrogens is 2. The summed E-state index contributed by atoms with van der Waals surface area (Å²) in [6, 6.07) is 7.37. The lowest BCUT2D eigenvalue weighted by atomic mass is 10.2. The van der Waals surface area contributed by atoms with Crippen LogP contribution in [-0.4, -0.2) is 22.3 Å². The van der Waals surface area contributed by atoms with E-state index in [0.717, 1.165) is 16.9 Å². The summed E-state index contributed by atoms with van der Waals surface area (Å²) in [6.07, 6.45) is 1.85. The fourth-order valence-electron chi connectivity index (χ4n) is 1.74. The fourth-order valence-corrected chi connectivity index (χ4v) is 1.74. The summed E-state index contributed by atoms with van der Waals surface area (Å²) in [4.78, 5) is 10.6. The summed E-state index contributed by atoms with van der Waals surface area (Å²) in [6.45, 7) is 2.63. The van der Waals surface area contributed by atoms with E-state index in [1.54, 1.807) is 12.1 Å². The van der Waals surface area contributed by atoms with Crippen LogP contribution in [0.5, 0.6) is 5.75 Å². The minimum Gasteiger partial charge on any atom is -0.484 e. The fraction of sp³-hybridized carbons (Fsp3) is 0.286. The van der Waals surface area contributed by atoms with Gasteiger partial charge in [0, 0.05) is 30.5 Å². The van der Waals surface area contributed by atoms with E-state index >= 15 is 0 Å². The van der Waals surface area contributed by atoms with Gasteiger partial charge in [-0.2, -0.15) is 5.10 Å². The highest BCUT2D eigenvalue weighted by Crippen LogP contribution is 2.17. The van der Waals surface area contributed by atoms with Crippen molar-refractivity contribution in [3.8, 4) is 5.75 Å². The number of nitrogens with two attached hydrogens (primary N) is 1. The number of amides is 1. The standard InChI is InChI=1S/C14H18N4O2/c1-10-11(8-17-18(10)2)7-16-12-3-5-13(6-4-12)20-9-14(15)19/h3-6,8,16H,7,9H2,1-2H3,(H2,15,19). The number of hydrogen-bond donors (Lipinski definition) is 2. The van der Waals surface area contributed by atoms with Crippen LogP contribution >= 0.6 is 0 Å². The Labute approximate surface area is 117 Å². The third kappa shape index (κ3) is 3.50. The molecule has 1 heterocycles. The Balaban J connectivity index is 1.90. The van der Waals surface area contributed by atoms with Gasteiger partial charge in [0.25, 0.3) is 5.91 Å². The van der Waals surface area contributed by atoms with E-state index < -0.39 is 5.91 Å². The lowest BCUT2D eigenvalue weighted by Gasteiger charge is -2.08. The molecule has 0 saturated carbocycles. The van der Waals surface area contributed by atoms with E-state index in [1.807, 2.05) is 37.0 Å². The molecule has 20 heavy (non-hydrogen) atoms. The van der Waals surface area contributed by atoms with Gasteiger partial charge < -0.3 is 15.8 Å². The summed E-state index contributed by atoms with van der Waals surface area (Å²) < 4.78 is 7.04. The molecule has 0 spiro atoms. The molecular formula is C14H18N4O2. The van der Waals surface area contributed by atoms with Crippen molar-refractivity contribution in [2.75, 3.05) is 11.9 Å². The number of ether oxygens (including phenoxy) is 1. The Morgan fingerprint density at radius 3 is 2.65 bits per heavy atom. The lowest BCUT2D eigenvalue weighted by Crippen LogP contribution is -2.19. The summed E-state index contributed by atoms with van der Waals surface area (Å²) >= 11 is 0. The first-order valence-electron chi connectivity index (χ1n) is 6.29. The topological polar surface area (TPSA) is 82.2 Å². The molecule has 3 N–H and O–H groups in total. The molecule has 6 nitrogen and oxygen atoms in total. The van der Waals surface area contributed by atoms with Gasteiger partial charge in [0.15, 0.2) is 6.61 Å². The van der Waals surface area contributed by atoms with Gasteiger partial charge in [-0.1, -0.05) is 0 Å². The molecule has 1 amide bonds. The number of hydrogen-bond acceptors (Lipinski definition) is 4. The SMILES string of the molecule is Cc1c(CNc2ccc(OCC(N)=O)cc2)cnn1C. The Kier molecular flexibility index (Phi) is 4.24. The highest BCUT2D eigenvalue weighted by Gasteiger charge is 2.03. The second-order valence-corrected chi connectivity index (χ2v) is 4.51. The minimum absolute atomic E-state index is 0.109. The molecule has 1 aromatic heterocycles. The van der Waals surface area contributed by atoms with E-state index in [4.69, 9.17) is 10.5 Å². The molecule has 0 fully saturated rings. The van der Waals surface area contributed by atoms with E-state index in [1.165, 1.54) is 0 Å². The van der Waals surface area contributed by atoms with Crippen molar-refractivity contribution in [1.29, 1.82) is 0 Å². The molecule has 0 atom stereocenters.